The number of benzene rings is 1. The maximum absolute atomic E-state index is 13.1. The SMILES string of the molecule is COc1cc(C(F)(F)F)ccc1-c1nnc(N[C@@H]2CC[C@@H](C=O)N(C(=O)OC(C)(C)C)C2)cc1C. The molecule has 1 aliphatic heterocycles. The molecule has 0 aliphatic carbocycles. The van der Waals surface area contributed by atoms with E-state index in [1.54, 1.807) is 33.8 Å². The van der Waals surface area contributed by atoms with Crippen LogP contribution in [0.2, 0.25) is 0 Å². The summed E-state index contributed by atoms with van der Waals surface area (Å²) in [5.74, 6) is 0.481. The van der Waals surface area contributed by atoms with Crippen molar-refractivity contribution in [3.05, 3.63) is 35.4 Å². The Kier molecular flexibility index (Phi) is 7.56. The van der Waals surface area contributed by atoms with Gasteiger partial charge in [0, 0.05) is 18.2 Å². The van der Waals surface area contributed by atoms with Crippen molar-refractivity contribution >= 4 is 18.2 Å². The molecule has 1 aromatic carbocycles. The van der Waals surface area contributed by atoms with Gasteiger partial charge in [-0.15, -0.1) is 10.2 Å². The van der Waals surface area contributed by atoms with Gasteiger partial charge in [-0.25, -0.2) is 4.79 Å². The van der Waals surface area contributed by atoms with Crippen LogP contribution in [0.15, 0.2) is 24.3 Å². The molecule has 2 heterocycles. The highest BCUT2D eigenvalue weighted by Crippen LogP contribution is 2.37. The van der Waals surface area contributed by atoms with E-state index in [0.717, 1.165) is 18.4 Å². The first-order valence-corrected chi connectivity index (χ1v) is 11.1. The van der Waals surface area contributed by atoms with Crippen LogP contribution in [0.25, 0.3) is 11.3 Å². The van der Waals surface area contributed by atoms with Gasteiger partial charge in [-0.1, -0.05) is 0 Å². The topological polar surface area (TPSA) is 93.7 Å². The zero-order chi connectivity index (χ0) is 26.0. The number of aryl methyl sites for hydroxylation is 1. The van der Waals surface area contributed by atoms with Crippen LogP contribution in [-0.4, -0.2) is 58.8 Å². The van der Waals surface area contributed by atoms with Crippen LogP contribution in [0.5, 0.6) is 5.75 Å². The summed E-state index contributed by atoms with van der Waals surface area (Å²) in [6, 6.07) is 4.18. The zero-order valence-electron chi connectivity index (χ0n) is 20.3. The number of rotatable bonds is 5. The summed E-state index contributed by atoms with van der Waals surface area (Å²) in [4.78, 5) is 25.5. The van der Waals surface area contributed by atoms with Gasteiger partial charge in [-0.2, -0.15) is 13.2 Å². The lowest BCUT2D eigenvalue weighted by Crippen LogP contribution is -2.52. The molecule has 0 spiro atoms. The molecule has 35 heavy (non-hydrogen) atoms. The Balaban J connectivity index is 1.78. The largest absolute Gasteiger partial charge is 0.496 e. The average molecular weight is 495 g/mol. The van der Waals surface area contributed by atoms with Gasteiger partial charge in [0.05, 0.1) is 24.4 Å². The first kappa shape index (κ1) is 26.2. The van der Waals surface area contributed by atoms with Crippen LogP contribution in [0, 0.1) is 6.92 Å². The molecule has 2 atom stereocenters. The number of piperidine rings is 1. The minimum absolute atomic E-state index is 0.0399. The van der Waals surface area contributed by atoms with Gasteiger partial charge < -0.3 is 19.6 Å². The predicted molar refractivity (Wildman–Crippen MR) is 123 cm³/mol. The molecule has 1 saturated heterocycles. The van der Waals surface area contributed by atoms with Crippen LogP contribution in [-0.2, 0) is 15.7 Å². The van der Waals surface area contributed by atoms with Crippen LogP contribution >= 0.6 is 0 Å². The monoisotopic (exact) mass is 494 g/mol. The van der Waals surface area contributed by atoms with Crippen molar-refractivity contribution in [1.29, 1.82) is 0 Å². The summed E-state index contributed by atoms with van der Waals surface area (Å²) in [7, 11) is 1.30. The van der Waals surface area contributed by atoms with E-state index in [1.165, 1.54) is 18.1 Å². The number of likely N-dealkylation sites (tertiary alicyclic amines) is 1. The van der Waals surface area contributed by atoms with Crippen molar-refractivity contribution in [2.45, 2.75) is 64.4 Å². The number of carbonyl (C=O) groups excluding carboxylic acids is 2. The van der Waals surface area contributed by atoms with E-state index in [0.29, 0.717) is 35.5 Å². The molecular weight excluding hydrogens is 465 g/mol. The van der Waals surface area contributed by atoms with E-state index < -0.39 is 29.5 Å². The number of halogens is 3. The van der Waals surface area contributed by atoms with Crippen molar-refractivity contribution in [2.24, 2.45) is 0 Å². The van der Waals surface area contributed by atoms with Gasteiger partial charge in [-0.05, 0) is 70.4 Å². The Morgan fingerprint density at radius 2 is 1.89 bits per heavy atom. The summed E-state index contributed by atoms with van der Waals surface area (Å²) in [6.07, 6.45) is -3.22. The molecule has 1 aliphatic rings. The Labute approximate surface area is 201 Å². The molecule has 2 aromatic rings. The van der Waals surface area contributed by atoms with Crippen LogP contribution in [0.4, 0.5) is 23.8 Å². The molecule has 11 heteroatoms. The second-order valence-electron chi connectivity index (χ2n) is 9.43. The molecule has 0 radical (unpaired) electrons. The minimum atomic E-state index is -4.49. The van der Waals surface area contributed by atoms with Crippen molar-refractivity contribution in [2.75, 3.05) is 19.0 Å². The fraction of sp³-hybridized carbons (Fsp3) is 0.500. The predicted octanol–water partition coefficient (Wildman–Crippen LogP) is 4.86. The maximum atomic E-state index is 13.1. The molecule has 1 amide bonds. The Morgan fingerprint density at radius 3 is 2.46 bits per heavy atom. The van der Waals surface area contributed by atoms with E-state index in [2.05, 4.69) is 15.5 Å². The Morgan fingerprint density at radius 1 is 1.17 bits per heavy atom. The molecule has 1 aromatic heterocycles. The number of nitrogens with one attached hydrogen (secondary N) is 1. The first-order chi connectivity index (χ1) is 16.3. The molecule has 0 saturated carbocycles. The highest BCUT2D eigenvalue weighted by Gasteiger charge is 2.35. The number of ether oxygens (including phenoxy) is 2. The quantitative estimate of drug-likeness (QED) is 0.594. The summed E-state index contributed by atoms with van der Waals surface area (Å²) in [6.45, 7) is 7.28. The third-order valence-electron chi connectivity index (χ3n) is 5.53. The van der Waals surface area contributed by atoms with E-state index in [-0.39, 0.29) is 18.3 Å². The van der Waals surface area contributed by atoms with Crippen molar-refractivity contribution in [1.82, 2.24) is 15.1 Å². The zero-order valence-corrected chi connectivity index (χ0v) is 20.3. The van der Waals surface area contributed by atoms with Gasteiger partial charge in [-0.3, -0.25) is 4.90 Å². The molecule has 190 valence electrons. The number of carbonyl (C=O) groups is 2. The van der Waals surface area contributed by atoms with Crippen molar-refractivity contribution < 1.29 is 32.2 Å². The lowest BCUT2D eigenvalue weighted by atomic mass is 9.99. The van der Waals surface area contributed by atoms with Gasteiger partial charge in [0.15, 0.2) is 0 Å². The summed E-state index contributed by atoms with van der Waals surface area (Å²) in [5, 5.41) is 11.6. The molecule has 8 nitrogen and oxygen atoms in total. The maximum Gasteiger partial charge on any atom is 0.416 e. The first-order valence-electron chi connectivity index (χ1n) is 11.1. The summed E-state index contributed by atoms with van der Waals surface area (Å²) in [5.41, 5.74) is -0.0581. The van der Waals surface area contributed by atoms with E-state index in [9.17, 15) is 22.8 Å². The van der Waals surface area contributed by atoms with Crippen LogP contribution in [0.1, 0.15) is 44.7 Å². The molecule has 0 bridgehead atoms. The van der Waals surface area contributed by atoms with E-state index in [1.807, 2.05) is 0 Å². The van der Waals surface area contributed by atoms with Gasteiger partial charge >= 0.3 is 12.3 Å². The summed E-state index contributed by atoms with van der Waals surface area (Å²) >= 11 is 0. The second-order valence-corrected chi connectivity index (χ2v) is 9.43. The lowest BCUT2D eigenvalue weighted by Gasteiger charge is -2.38. The molecule has 0 unspecified atom stereocenters. The number of methoxy groups -OCH3 is 1. The fourth-order valence-electron chi connectivity index (χ4n) is 3.88. The third-order valence-corrected chi connectivity index (χ3v) is 5.53. The highest BCUT2D eigenvalue weighted by atomic mass is 19.4. The number of alkyl halides is 3. The standard InChI is InChI=1S/C24H29F3N4O4/c1-14-10-20(28-16-7-8-17(13-32)31(12-16)22(33)35-23(2,3)4)29-30-21(14)18-9-6-15(24(25,26)27)11-19(18)34-5/h6,9-11,13,16-17H,7-8,12H2,1-5H3,(H,28,29)/t16-,17+/m1/s1. The Bertz CT molecular complexity index is 1090. The molecule has 1 fully saturated rings. The van der Waals surface area contributed by atoms with Gasteiger partial charge in [0.2, 0.25) is 0 Å². The normalized spacial score (nSPS) is 18.7. The molecular formula is C24H29F3N4O4. The highest BCUT2D eigenvalue weighted by molar-refractivity contribution is 5.74. The third kappa shape index (κ3) is 6.40. The lowest BCUT2D eigenvalue weighted by molar-refractivity contribution is -0.137. The number of nitrogens with zero attached hydrogens (tertiary/aromatic N) is 3. The van der Waals surface area contributed by atoms with Gasteiger partial charge in [0.1, 0.15) is 23.5 Å². The second kappa shape index (κ2) is 10.1. The van der Waals surface area contributed by atoms with Crippen LogP contribution in [0.3, 0.4) is 0 Å². The number of anilines is 1. The number of hydrogen-bond acceptors (Lipinski definition) is 7. The van der Waals surface area contributed by atoms with Gasteiger partial charge in [0.25, 0.3) is 0 Å². The number of aldehydes is 1. The number of amides is 1. The van der Waals surface area contributed by atoms with E-state index >= 15 is 0 Å². The molecule has 1 N–H and O–H groups in total. The minimum Gasteiger partial charge on any atom is -0.496 e. The fourth-order valence-corrected chi connectivity index (χ4v) is 3.88. The smallest absolute Gasteiger partial charge is 0.416 e. The molecule has 3 rings (SSSR count). The number of aromatic nitrogens is 2. The average Bonchev–Trinajstić information content (AvgIpc) is 2.77. The Hall–Kier alpha value is -3.37. The van der Waals surface area contributed by atoms with Crippen LogP contribution < -0.4 is 10.1 Å². The number of hydrogen-bond donors (Lipinski definition) is 1. The van der Waals surface area contributed by atoms with E-state index in [4.69, 9.17) is 9.47 Å². The van der Waals surface area contributed by atoms with Crippen molar-refractivity contribution in [3.63, 3.8) is 0 Å². The van der Waals surface area contributed by atoms with Crippen molar-refractivity contribution in [3.8, 4) is 17.0 Å². The summed E-state index contributed by atoms with van der Waals surface area (Å²) < 4.78 is 49.8.